The van der Waals surface area contributed by atoms with Crippen LogP contribution in [0.1, 0.15) is 10.5 Å². The highest BCUT2D eigenvalue weighted by Gasteiger charge is 2.22. The van der Waals surface area contributed by atoms with Gasteiger partial charge in [0.2, 0.25) is 0 Å². The van der Waals surface area contributed by atoms with Gasteiger partial charge in [-0.25, -0.2) is 0 Å². The zero-order valence-electron chi connectivity index (χ0n) is 10.1. The molecule has 7 heteroatoms. The third kappa shape index (κ3) is 3.62. The van der Waals surface area contributed by atoms with Crippen LogP contribution >= 0.6 is 0 Å². The minimum absolute atomic E-state index is 0.280. The summed E-state index contributed by atoms with van der Waals surface area (Å²) in [6.45, 7) is -0.632. The Morgan fingerprint density at radius 1 is 1.17 bits per heavy atom. The maximum absolute atomic E-state index is 12.0. The van der Waals surface area contributed by atoms with Gasteiger partial charge in [0.25, 0.3) is 5.91 Å². The molecule has 98 valence electrons. The monoisotopic (exact) mass is 254 g/mol. The SMILES string of the molecule is COC(=O)CN(CC(=O)OC)C(=O)c1ccc[nH]1. The van der Waals surface area contributed by atoms with Gasteiger partial charge in [0.05, 0.1) is 14.2 Å². The zero-order valence-corrected chi connectivity index (χ0v) is 10.1. The van der Waals surface area contributed by atoms with Crippen LogP contribution in [0.25, 0.3) is 0 Å². The van der Waals surface area contributed by atoms with E-state index < -0.39 is 17.8 Å². The molecule has 0 radical (unpaired) electrons. The minimum atomic E-state index is -0.612. The van der Waals surface area contributed by atoms with Gasteiger partial charge in [0.1, 0.15) is 18.8 Å². The van der Waals surface area contributed by atoms with E-state index in [0.717, 1.165) is 4.90 Å². The van der Waals surface area contributed by atoms with E-state index in [1.807, 2.05) is 0 Å². The summed E-state index contributed by atoms with van der Waals surface area (Å²) in [5, 5.41) is 0. The summed E-state index contributed by atoms with van der Waals surface area (Å²) in [6, 6.07) is 3.19. The number of nitrogens with one attached hydrogen (secondary N) is 1. The fourth-order valence-electron chi connectivity index (χ4n) is 1.27. The first-order valence-corrected chi connectivity index (χ1v) is 5.14. The Morgan fingerprint density at radius 3 is 2.11 bits per heavy atom. The summed E-state index contributed by atoms with van der Waals surface area (Å²) in [5.41, 5.74) is 0.280. The zero-order chi connectivity index (χ0) is 13.5. The molecule has 0 aliphatic carbocycles. The number of hydrogen-bond acceptors (Lipinski definition) is 5. The second kappa shape index (κ2) is 6.43. The molecule has 1 amide bonds. The predicted octanol–water partition coefficient (Wildman–Crippen LogP) is -0.197. The molecule has 7 nitrogen and oxygen atoms in total. The van der Waals surface area contributed by atoms with Crippen molar-refractivity contribution in [1.29, 1.82) is 0 Å². The van der Waals surface area contributed by atoms with Crippen LogP contribution in [-0.2, 0) is 19.1 Å². The molecule has 0 aliphatic rings. The van der Waals surface area contributed by atoms with Gasteiger partial charge >= 0.3 is 11.9 Å². The molecule has 1 heterocycles. The average Bonchev–Trinajstić information content (AvgIpc) is 2.90. The fraction of sp³-hybridized carbons (Fsp3) is 0.364. The molecule has 0 aromatic carbocycles. The van der Waals surface area contributed by atoms with Gasteiger partial charge in [-0.05, 0) is 12.1 Å². The Morgan fingerprint density at radius 2 is 1.72 bits per heavy atom. The van der Waals surface area contributed by atoms with Crippen molar-refractivity contribution in [1.82, 2.24) is 9.88 Å². The molecule has 0 saturated carbocycles. The van der Waals surface area contributed by atoms with Crippen LogP contribution in [0.15, 0.2) is 18.3 Å². The van der Waals surface area contributed by atoms with Crippen molar-refractivity contribution in [2.45, 2.75) is 0 Å². The topological polar surface area (TPSA) is 88.7 Å². The van der Waals surface area contributed by atoms with Gasteiger partial charge in [-0.15, -0.1) is 0 Å². The van der Waals surface area contributed by atoms with E-state index in [1.54, 1.807) is 18.3 Å². The summed E-state index contributed by atoms with van der Waals surface area (Å²) in [4.78, 5) is 38.1. The lowest BCUT2D eigenvalue weighted by atomic mass is 10.3. The van der Waals surface area contributed by atoms with E-state index in [2.05, 4.69) is 14.5 Å². The molecule has 1 aromatic heterocycles. The molecule has 0 spiro atoms. The normalized spacial score (nSPS) is 9.67. The molecule has 1 aromatic rings. The van der Waals surface area contributed by atoms with E-state index in [4.69, 9.17) is 0 Å². The molecular weight excluding hydrogens is 240 g/mol. The Bertz CT molecular complexity index is 409. The Hall–Kier alpha value is -2.31. The molecule has 0 atom stereocenters. The Kier molecular flexibility index (Phi) is 4.91. The van der Waals surface area contributed by atoms with Crippen LogP contribution in [-0.4, -0.2) is 55.0 Å². The van der Waals surface area contributed by atoms with E-state index in [0.29, 0.717) is 0 Å². The lowest BCUT2D eigenvalue weighted by Crippen LogP contribution is -2.40. The molecule has 0 saturated heterocycles. The van der Waals surface area contributed by atoms with Crippen molar-refractivity contribution in [3.8, 4) is 0 Å². The summed E-state index contributed by atoms with van der Waals surface area (Å²) in [6.07, 6.45) is 1.57. The van der Waals surface area contributed by atoms with E-state index >= 15 is 0 Å². The van der Waals surface area contributed by atoms with Crippen molar-refractivity contribution in [2.24, 2.45) is 0 Å². The van der Waals surface area contributed by atoms with Gasteiger partial charge in [0, 0.05) is 6.20 Å². The second-order valence-corrected chi connectivity index (χ2v) is 3.40. The van der Waals surface area contributed by atoms with E-state index in [9.17, 15) is 14.4 Å². The third-order valence-corrected chi connectivity index (χ3v) is 2.21. The first-order chi connectivity index (χ1) is 8.58. The highest BCUT2D eigenvalue weighted by atomic mass is 16.5. The third-order valence-electron chi connectivity index (χ3n) is 2.21. The molecule has 1 N–H and O–H groups in total. The highest BCUT2D eigenvalue weighted by Crippen LogP contribution is 2.03. The lowest BCUT2D eigenvalue weighted by Gasteiger charge is -2.19. The number of aromatic amines is 1. The van der Waals surface area contributed by atoms with Crippen LogP contribution < -0.4 is 0 Å². The van der Waals surface area contributed by atoms with Crippen molar-refractivity contribution < 1.29 is 23.9 Å². The highest BCUT2D eigenvalue weighted by molar-refractivity contribution is 5.96. The largest absolute Gasteiger partial charge is 0.468 e. The van der Waals surface area contributed by atoms with Crippen molar-refractivity contribution in [3.05, 3.63) is 24.0 Å². The molecule has 0 unspecified atom stereocenters. The minimum Gasteiger partial charge on any atom is -0.468 e. The molecule has 1 rings (SSSR count). The number of nitrogens with zero attached hydrogens (tertiary/aromatic N) is 1. The lowest BCUT2D eigenvalue weighted by molar-refractivity contribution is -0.144. The van der Waals surface area contributed by atoms with Crippen LogP contribution in [0.4, 0.5) is 0 Å². The van der Waals surface area contributed by atoms with Crippen LogP contribution in [0.3, 0.4) is 0 Å². The standard InChI is InChI=1S/C11H14N2O5/c1-17-9(14)6-13(7-10(15)18-2)11(16)8-4-3-5-12-8/h3-5,12H,6-7H2,1-2H3. The number of H-pyrrole nitrogens is 1. The van der Waals surface area contributed by atoms with Crippen LogP contribution in [0, 0.1) is 0 Å². The van der Waals surface area contributed by atoms with E-state index in [1.165, 1.54) is 14.2 Å². The smallest absolute Gasteiger partial charge is 0.325 e. The number of esters is 2. The molecular formula is C11H14N2O5. The van der Waals surface area contributed by atoms with E-state index in [-0.39, 0.29) is 18.8 Å². The fourth-order valence-corrected chi connectivity index (χ4v) is 1.27. The number of aromatic nitrogens is 1. The van der Waals surface area contributed by atoms with Crippen molar-refractivity contribution in [2.75, 3.05) is 27.3 Å². The van der Waals surface area contributed by atoms with Crippen LogP contribution in [0.2, 0.25) is 0 Å². The van der Waals surface area contributed by atoms with Gasteiger partial charge < -0.3 is 19.4 Å². The maximum Gasteiger partial charge on any atom is 0.325 e. The quantitative estimate of drug-likeness (QED) is 0.735. The number of rotatable bonds is 5. The van der Waals surface area contributed by atoms with Gasteiger partial charge in [-0.1, -0.05) is 0 Å². The molecule has 0 aliphatic heterocycles. The molecule has 0 bridgehead atoms. The number of ether oxygens (including phenoxy) is 2. The summed E-state index contributed by atoms with van der Waals surface area (Å²) in [5.74, 6) is -1.70. The molecule has 0 fully saturated rings. The second-order valence-electron chi connectivity index (χ2n) is 3.40. The van der Waals surface area contributed by atoms with Crippen LogP contribution in [0.5, 0.6) is 0 Å². The molecule has 18 heavy (non-hydrogen) atoms. The first kappa shape index (κ1) is 13.8. The Balaban J connectivity index is 2.79. The summed E-state index contributed by atoms with van der Waals surface area (Å²) >= 11 is 0. The van der Waals surface area contributed by atoms with Gasteiger partial charge in [0.15, 0.2) is 0 Å². The predicted molar refractivity (Wildman–Crippen MR) is 60.7 cm³/mol. The Labute approximate surface area is 104 Å². The van der Waals surface area contributed by atoms with Gasteiger partial charge in [-0.2, -0.15) is 0 Å². The number of carbonyl (C=O) groups excluding carboxylic acids is 3. The number of carbonyl (C=O) groups is 3. The number of methoxy groups -OCH3 is 2. The van der Waals surface area contributed by atoms with Gasteiger partial charge in [-0.3, -0.25) is 14.4 Å². The maximum atomic E-state index is 12.0. The summed E-state index contributed by atoms with van der Waals surface area (Å²) in [7, 11) is 2.41. The number of hydrogen-bond donors (Lipinski definition) is 1. The average molecular weight is 254 g/mol. The van der Waals surface area contributed by atoms with Crippen molar-refractivity contribution >= 4 is 17.8 Å². The summed E-state index contributed by atoms with van der Waals surface area (Å²) < 4.78 is 8.94. The first-order valence-electron chi connectivity index (χ1n) is 5.14. The van der Waals surface area contributed by atoms with Crippen molar-refractivity contribution in [3.63, 3.8) is 0 Å². The number of amides is 1.